The summed E-state index contributed by atoms with van der Waals surface area (Å²) in [6.07, 6.45) is 1.06. The quantitative estimate of drug-likeness (QED) is 0.636. The molecule has 3 nitrogen and oxygen atoms in total. The molecule has 0 amide bonds. The summed E-state index contributed by atoms with van der Waals surface area (Å²) in [5, 5.41) is 1.01. The summed E-state index contributed by atoms with van der Waals surface area (Å²) in [6.45, 7) is 6.67. The van der Waals surface area contributed by atoms with E-state index in [0.29, 0.717) is 19.0 Å². The average molecular weight is 175 g/mol. The lowest BCUT2D eigenvalue weighted by molar-refractivity contribution is 0.198. The zero-order chi connectivity index (χ0) is 8.48. The van der Waals surface area contributed by atoms with Gasteiger partial charge in [-0.2, -0.15) is 4.31 Å². The van der Waals surface area contributed by atoms with Crippen LogP contribution in [0, 0.1) is 5.92 Å². The minimum Gasteiger partial charge on any atom is -0.208 e. The van der Waals surface area contributed by atoms with Crippen molar-refractivity contribution in [1.29, 1.82) is 0 Å². The van der Waals surface area contributed by atoms with E-state index in [9.17, 15) is 8.42 Å². The molecule has 1 fully saturated rings. The van der Waals surface area contributed by atoms with Crippen LogP contribution in [0.1, 0.15) is 13.3 Å². The van der Waals surface area contributed by atoms with Gasteiger partial charge in [-0.05, 0) is 5.92 Å². The van der Waals surface area contributed by atoms with Gasteiger partial charge in [0.1, 0.15) is 0 Å². The molecule has 1 heterocycles. The Hall–Kier alpha value is -0.350. The zero-order valence-electron chi connectivity index (χ0n) is 6.66. The third-order valence-corrected chi connectivity index (χ3v) is 3.51. The van der Waals surface area contributed by atoms with Gasteiger partial charge in [-0.1, -0.05) is 19.9 Å². The molecule has 0 aromatic heterocycles. The molecule has 1 saturated heterocycles. The van der Waals surface area contributed by atoms with Crippen LogP contribution >= 0.6 is 0 Å². The van der Waals surface area contributed by atoms with E-state index in [1.54, 1.807) is 0 Å². The van der Waals surface area contributed by atoms with Crippen molar-refractivity contribution in [3.8, 4) is 0 Å². The van der Waals surface area contributed by atoms with E-state index in [1.807, 2.05) is 0 Å². The van der Waals surface area contributed by atoms with E-state index in [2.05, 4.69) is 13.5 Å². The smallest absolute Gasteiger partial charge is 0.208 e. The lowest BCUT2D eigenvalue weighted by atomic mass is 10.0. The van der Waals surface area contributed by atoms with E-state index in [-0.39, 0.29) is 0 Å². The molecule has 0 aromatic carbocycles. The van der Waals surface area contributed by atoms with Gasteiger partial charge in [-0.15, -0.1) is 0 Å². The number of sulfonamides is 1. The zero-order valence-corrected chi connectivity index (χ0v) is 7.47. The molecule has 0 unspecified atom stereocenters. The van der Waals surface area contributed by atoms with Crippen LogP contribution in [0.25, 0.3) is 0 Å². The van der Waals surface area contributed by atoms with Crippen molar-refractivity contribution in [2.24, 2.45) is 5.92 Å². The Morgan fingerprint density at radius 3 is 2.55 bits per heavy atom. The van der Waals surface area contributed by atoms with Crippen LogP contribution in [0.2, 0.25) is 0 Å². The topological polar surface area (TPSA) is 37.4 Å². The lowest BCUT2D eigenvalue weighted by Gasteiger charge is -2.36. The van der Waals surface area contributed by atoms with Gasteiger partial charge in [0.25, 0.3) is 0 Å². The van der Waals surface area contributed by atoms with Gasteiger partial charge in [0.15, 0.2) is 0 Å². The van der Waals surface area contributed by atoms with Gasteiger partial charge < -0.3 is 0 Å². The molecule has 1 aliphatic rings. The fourth-order valence-corrected chi connectivity index (χ4v) is 2.14. The van der Waals surface area contributed by atoms with Crippen molar-refractivity contribution in [2.45, 2.75) is 13.3 Å². The summed E-state index contributed by atoms with van der Waals surface area (Å²) >= 11 is 0. The molecule has 0 atom stereocenters. The van der Waals surface area contributed by atoms with Crippen LogP contribution in [0.15, 0.2) is 12.0 Å². The Balaban J connectivity index is 2.50. The molecule has 0 spiro atoms. The van der Waals surface area contributed by atoms with Gasteiger partial charge in [-0.3, -0.25) is 0 Å². The van der Waals surface area contributed by atoms with Crippen LogP contribution in [0.3, 0.4) is 0 Å². The molecule has 4 heteroatoms. The largest absolute Gasteiger partial charge is 0.235 e. The van der Waals surface area contributed by atoms with Crippen LogP contribution in [0.5, 0.6) is 0 Å². The average Bonchev–Trinajstić information content (AvgIpc) is 1.85. The second kappa shape index (κ2) is 2.95. The highest BCUT2D eigenvalue weighted by Gasteiger charge is 2.32. The third kappa shape index (κ3) is 1.62. The SMILES string of the molecule is C=CS(=O)(=O)N1CC(CC)C1. The molecule has 0 N–H and O–H groups in total. The van der Waals surface area contributed by atoms with E-state index < -0.39 is 10.0 Å². The first-order valence-electron chi connectivity index (χ1n) is 3.72. The Kier molecular flexibility index (Phi) is 2.34. The van der Waals surface area contributed by atoms with Crippen molar-refractivity contribution < 1.29 is 8.42 Å². The van der Waals surface area contributed by atoms with E-state index in [4.69, 9.17) is 0 Å². The summed E-state index contributed by atoms with van der Waals surface area (Å²) in [5.41, 5.74) is 0. The van der Waals surface area contributed by atoms with Crippen molar-refractivity contribution in [3.05, 3.63) is 12.0 Å². The standard InChI is InChI=1S/C7H13NO2S/c1-3-7-5-8(6-7)11(9,10)4-2/h4,7H,2-3,5-6H2,1H3. The third-order valence-electron chi connectivity index (χ3n) is 2.07. The van der Waals surface area contributed by atoms with Crippen LogP contribution in [-0.4, -0.2) is 25.8 Å². The molecular weight excluding hydrogens is 162 g/mol. The normalized spacial score (nSPS) is 21.2. The van der Waals surface area contributed by atoms with Crippen LogP contribution < -0.4 is 0 Å². The highest BCUT2D eigenvalue weighted by Crippen LogP contribution is 2.22. The van der Waals surface area contributed by atoms with Gasteiger partial charge in [-0.25, -0.2) is 8.42 Å². The fraction of sp³-hybridized carbons (Fsp3) is 0.714. The Morgan fingerprint density at radius 2 is 2.18 bits per heavy atom. The summed E-state index contributed by atoms with van der Waals surface area (Å²) in [7, 11) is -3.11. The highest BCUT2D eigenvalue weighted by molar-refractivity contribution is 7.92. The second-order valence-corrected chi connectivity index (χ2v) is 4.68. The monoisotopic (exact) mass is 175 g/mol. The van der Waals surface area contributed by atoms with E-state index >= 15 is 0 Å². The van der Waals surface area contributed by atoms with E-state index in [0.717, 1.165) is 11.8 Å². The minimum absolute atomic E-state index is 0.560. The van der Waals surface area contributed by atoms with Crippen LogP contribution in [0.4, 0.5) is 0 Å². The maximum absolute atomic E-state index is 11.1. The van der Waals surface area contributed by atoms with Gasteiger partial charge in [0, 0.05) is 18.5 Å². The first-order chi connectivity index (χ1) is 5.10. The molecule has 0 bridgehead atoms. The molecule has 0 radical (unpaired) electrons. The molecule has 0 aliphatic carbocycles. The molecular formula is C7H13NO2S. The second-order valence-electron chi connectivity index (χ2n) is 2.80. The van der Waals surface area contributed by atoms with Crippen LogP contribution in [-0.2, 0) is 10.0 Å². The fourth-order valence-electron chi connectivity index (χ4n) is 1.09. The maximum Gasteiger partial charge on any atom is 0.235 e. The van der Waals surface area contributed by atoms with E-state index in [1.165, 1.54) is 4.31 Å². The number of hydrogen-bond donors (Lipinski definition) is 0. The molecule has 1 rings (SSSR count). The van der Waals surface area contributed by atoms with Gasteiger partial charge >= 0.3 is 0 Å². The predicted octanol–water partition coefficient (Wildman–Crippen LogP) is 0.801. The van der Waals surface area contributed by atoms with Crippen molar-refractivity contribution in [1.82, 2.24) is 4.31 Å². The summed E-state index contributed by atoms with van der Waals surface area (Å²) in [5.74, 6) is 0.560. The lowest BCUT2D eigenvalue weighted by Crippen LogP contribution is -2.48. The van der Waals surface area contributed by atoms with Crippen molar-refractivity contribution >= 4 is 10.0 Å². The molecule has 1 aliphatic heterocycles. The molecule has 64 valence electrons. The first-order valence-corrected chi connectivity index (χ1v) is 5.23. The van der Waals surface area contributed by atoms with Gasteiger partial charge in [0.2, 0.25) is 10.0 Å². The number of hydrogen-bond acceptors (Lipinski definition) is 2. The predicted molar refractivity (Wildman–Crippen MR) is 44.5 cm³/mol. The molecule has 0 saturated carbocycles. The molecule has 0 aromatic rings. The van der Waals surface area contributed by atoms with Crippen molar-refractivity contribution in [2.75, 3.05) is 13.1 Å². The van der Waals surface area contributed by atoms with Crippen molar-refractivity contribution in [3.63, 3.8) is 0 Å². The Bertz CT molecular complexity index is 239. The Labute approximate surface area is 67.8 Å². The maximum atomic E-state index is 11.1. The highest BCUT2D eigenvalue weighted by atomic mass is 32.2. The summed E-state index contributed by atoms with van der Waals surface area (Å²) in [6, 6.07) is 0. The van der Waals surface area contributed by atoms with Gasteiger partial charge in [0.05, 0.1) is 0 Å². The Morgan fingerprint density at radius 1 is 1.64 bits per heavy atom. The summed E-state index contributed by atoms with van der Waals surface area (Å²) < 4.78 is 23.6. The number of nitrogens with zero attached hydrogens (tertiary/aromatic N) is 1. The first kappa shape index (κ1) is 8.74. The molecule has 11 heavy (non-hydrogen) atoms. The summed E-state index contributed by atoms with van der Waals surface area (Å²) in [4.78, 5) is 0. The number of rotatable bonds is 3. The minimum atomic E-state index is -3.11.